The summed E-state index contributed by atoms with van der Waals surface area (Å²) in [4.78, 5) is 71.9. The number of rotatable bonds is 18. The standard InChI is InChI=1S/C23H39BN6O6/c1-15(2)20(26-11-5-3-4-6-13-30-18(32)9-10-19(30)33)22(35)29-16(8-7-12-27-23(25)36)21(34)28-14-17(24)31/h9-10,15-16,20,26H,3-8,11-14,24H2,1-2H3,(H,28,34)(H,29,35)(H3,25,27,36)/t16-,20?/m0/s1. The Hall–Kier alpha value is -3.22. The van der Waals surface area contributed by atoms with Gasteiger partial charge >= 0.3 is 6.03 Å². The molecule has 0 radical (unpaired) electrons. The topological polar surface area (TPSA) is 180 Å². The highest BCUT2D eigenvalue weighted by Crippen LogP contribution is 2.09. The predicted molar refractivity (Wildman–Crippen MR) is 136 cm³/mol. The first-order chi connectivity index (χ1) is 17.0. The maximum atomic E-state index is 13.0. The third kappa shape index (κ3) is 12.0. The minimum absolute atomic E-state index is 0.0397. The minimum Gasteiger partial charge on any atom is -0.352 e. The van der Waals surface area contributed by atoms with E-state index in [2.05, 4.69) is 21.3 Å². The number of urea groups is 1. The number of carbonyl (C=O) groups excluding carboxylic acids is 6. The number of unbranched alkanes of at least 4 members (excludes halogenated alkanes) is 3. The third-order valence-electron chi connectivity index (χ3n) is 5.64. The van der Waals surface area contributed by atoms with Crippen molar-refractivity contribution in [1.29, 1.82) is 0 Å². The molecular weight excluding hydrogens is 467 g/mol. The van der Waals surface area contributed by atoms with Crippen LogP contribution < -0.4 is 27.0 Å². The summed E-state index contributed by atoms with van der Waals surface area (Å²) in [6.45, 7) is 4.91. The number of imide groups is 1. The fourth-order valence-electron chi connectivity index (χ4n) is 3.67. The van der Waals surface area contributed by atoms with Gasteiger partial charge in [-0.05, 0) is 38.1 Å². The first-order valence-electron chi connectivity index (χ1n) is 12.4. The number of primary amides is 1. The fourth-order valence-corrected chi connectivity index (χ4v) is 3.67. The van der Waals surface area contributed by atoms with E-state index < -0.39 is 24.0 Å². The van der Waals surface area contributed by atoms with Crippen LogP contribution in [0.3, 0.4) is 0 Å². The molecule has 1 unspecified atom stereocenters. The number of carbonyl (C=O) groups is 6. The highest BCUT2D eigenvalue weighted by Gasteiger charge is 2.27. The zero-order valence-corrected chi connectivity index (χ0v) is 21.4. The molecule has 1 aliphatic rings. The van der Waals surface area contributed by atoms with Crippen molar-refractivity contribution in [3.63, 3.8) is 0 Å². The summed E-state index contributed by atoms with van der Waals surface area (Å²) in [5.74, 6) is -1.38. The molecule has 1 heterocycles. The number of hydrogen-bond donors (Lipinski definition) is 5. The number of hydrogen-bond acceptors (Lipinski definition) is 7. The number of nitrogens with two attached hydrogens (primary N) is 1. The number of nitrogens with one attached hydrogen (secondary N) is 4. The second-order valence-electron chi connectivity index (χ2n) is 9.17. The lowest BCUT2D eigenvalue weighted by Gasteiger charge is -2.25. The van der Waals surface area contributed by atoms with Gasteiger partial charge in [-0.3, -0.25) is 24.1 Å². The van der Waals surface area contributed by atoms with Crippen LogP contribution in [-0.4, -0.2) is 86.4 Å². The van der Waals surface area contributed by atoms with Crippen molar-refractivity contribution >= 4 is 43.2 Å². The Bertz CT molecular complexity index is 816. The summed E-state index contributed by atoms with van der Waals surface area (Å²) in [5.41, 5.74) is 4.84. The van der Waals surface area contributed by atoms with E-state index in [1.807, 2.05) is 13.8 Å². The van der Waals surface area contributed by atoms with E-state index in [0.29, 0.717) is 19.5 Å². The maximum absolute atomic E-state index is 13.0. The number of nitrogens with zero attached hydrogens (tertiary/aromatic N) is 1. The van der Waals surface area contributed by atoms with E-state index in [0.717, 1.165) is 25.7 Å². The molecule has 36 heavy (non-hydrogen) atoms. The van der Waals surface area contributed by atoms with E-state index in [1.165, 1.54) is 24.9 Å². The van der Waals surface area contributed by atoms with Crippen molar-refractivity contribution in [2.24, 2.45) is 11.7 Å². The zero-order valence-electron chi connectivity index (χ0n) is 21.4. The van der Waals surface area contributed by atoms with Gasteiger partial charge in [0.25, 0.3) is 11.8 Å². The monoisotopic (exact) mass is 506 g/mol. The highest BCUT2D eigenvalue weighted by atomic mass is 16.2. The summed E-state index contributed by atoms with van der Waals surface area (Å²) in [6.07, 6.45) is 6.45. The van der Waals surface area contributed by atoms with Gasteiger partial charge in [0, 0.05) is 25.2 Å². The second-order valence-corrected chi connectivity index (χ2v) is 9.17. The van der Waals surface area contributed by atoms with E-state index in [9.17, 15) is 28.8 Å². The molecular formula is C23H39BN6O6. The molecule has 6 N–H and O–H groups in total. The molecule has 200 valence electrons. The molecule has 13 heteroatoms. The fraction of sp³-hybridized carbons (Fsp3) is 0.652. The van der Waals surface area contributed by atoms with Gasteiger partial charge in [0.05, 0.1) is 12.6 Å². The van der Waals surface area contributed by atoms with Crippen LogP contribution in [0.25, 0.3) is 0 Å². The molecule has 0 aromatic carbocycles. The van der Waals surface area contributed by atoms with Gasteiger partial charge in [0.15, 0.2) is 7.85 Å². The molecule has 12 nitrogen and oxygen atoms in total. The largest absolute Gasteiger partial charge is 0.352 e. The zero-order chi connectivity index (χ0) is 27.1. The summed E-state index contributed by atoms with van der Waals surface area (Å²) < 4.78 is 0. The first-order valence-corrected chi connectivity index (χ1v) is 12.4. The molecule has 0 saturated carbocycles. The Kier molecular flexibility index (Phi) is 14.1. The predicted octanol–water partition coefficient (Wildman–Crippen LogP) is -1.70. The van der Waals surface area contributed by atoms with E-state index >= 15 is 0 Å². The minimum atomic E-state index is -0.861. The lowest BCUT2D eigenvalue weighted by Crippen LogP contribution is -2.55. The SMILES string of the molecule is BC(=O)CNC(=O)[C@H](CCCNC(N)=O)NC(=O)C(NCCCCCCN1C(=O)C=CC1=O)C(C)C. The van der Waals surface area contributed by atoms with Crippen LogP contribution in [0, 0.1) is 5.92 Å². The Morgan fingerprint density at radius 3 is 2.14 bits per heavy atom. The molecule has 0 saturated heterocycles. The van der Waals surface area contributed by atoms with Crippen LogP contribution in [0.2, 0.25) is 0 Å². The normalized spacial score (nSPS) is 14.6. The van der Waals surface area contributed by atoms with Crippen LogP contribution in [0.15, 0.2) is 12.2 Å². The average Bonchev–Trinajstić information content (AvgIpc) is 3.12. The Labute approximate surface area is 212 Å². The third-order valence-corrected chi connectivity index (χ3v) is 5.64. The van der Waals surface area contributed by atoms with Crippen molar-refractivity contribution in [3.8, 4) is 0 Å². The van der Waals surface area contributed by atoms with E-state index in [1.54, 1.807) is 0 Å². The molecule has 0 aromatic heterocycles. The first kappa shape index (κ1) is 30.8. The van der Waals surface area contributed by atoms with Crippen LogP contribution in [0.5, 0.6) is 0 Å². The summed E-state index contributed by atoms with van der Waals surface area (Å²) in [5, 5.41) is 11.0. The molecule has 0 bridgehead atoms. The summed E-state index contributed by atoms with van der Waals surface area (Å²) in [6, 6.07) is -2.06. The Morgan fingerprint density at radius 1 is 0.917 bits per heavy atom. The second kappa shape index (κ2) is 16.5. The Morgan fingerprint density at radius 2 is 1.56 bits per heavy atom. The smallest absolute Gasteiger partial charge is 0.312 e. The molecule has 0 fully saturated rings. The Balaban J connectivity index is 2.48. The van der Waals surface area contributed by atoms with Gasteiger partial charge in [-0.15, -0.1) is 0 Å². The van der Waals surface area contributed by atoms with Crippen LogP contribution >= 0.6 is 0 Å². The summed E-state index contributed by atoms with van der Waals surface area (Å²) >= 11 is 0. The van der Waals surface area contributed by atoms with Crippen molar-refractivity contribution < 1.29 is 28.8 Å². The van der Waals surface area contributed by atoms with Gasteiger partial charge in [0.2, 0.25) is 11.8 Å². The lowest BCUT2D eigenvalue weighted by molar-refractivity contribution is -0.137. The van der Waals surface area contributed by atoms with Crippen molar-refractivity contribution in [3.05, 3.63) is 12.2 Å². The average molecular weight is 506 g/mol. The quantitative estimate of drug-likeness (QED) is 0.0834. The molecule has 1 rings (SSSR count). The van der Waals surface area contributed by atoms with Gasteiger partial charge in [-0.1, -0.05) is 26.7 Å². The number of amides is 6. The molecule has 0 aliphatic carbocycles. The van der Waals surface area contributed by atoms with Crippen LogP contribution in [-0.2, 0) is 24.0 Å². The van der Waals surface area contributed by atoms with Crippen molar-refractivity contribution in [2.75, 3.05) is 26.2 Å². The molecule has 2 atom stereocenters. The molecule has 0 aromatic rings. The van der Waals surface area contributed by atoms with Gasteiger partial charge in [0.1, 0.15) is 11.7 Å². The highest BCUT2D eigenvalue weighted by molar-refractivity contribution is 6.58. The van der Waals surface area contributed by atoms with Crippen LogP contribution in [0.4, 0.5) is 4.79 Å². The molecule has 1 aliphatic heterocycles. The van der Waals surface area contributed by atoms with E-state index in [4.69, 9.17) is 5.73 Å². The van der Waals surface area contributed by atoms with Crippen LogP contribution in [0.1, 0.15) is 52.4 Å². The molecule has 0 spiro atoms. The van der Waals surface area contributed by atoms with Crippen molar-refractivity contribution in [1.82, 2.24) is 26.2 Å². The lowest BCUT2D eigenvalue weighted by atomic mass is 10.0. The molecule has 6 amide bonds. The summed E-state index contributed by atoms with van der Waals surface area (Å²) in [7, 11) is 1.35. The van der Waals surface area contributed by atoms with Gasteiger partial charge in [-0.2, -0.15) is 0 Å². The maximum Gasteiger partial charge on any atom is 0.312 e. The van der Waals surface area contributed by atoms with Crippen molar-refractivity contribution in [2.45, 2.75) is 64.5 Å². The van der Waals surface area contributed by atoms with E-state index in [-0.39, 0.29) is 48.8 Å². The van der Waals surface area contributed by atoms with Gasteiger partial charge < -0.3 is 31.8 Å². The van der Waals surface area contributed by atoms with Gasteiger partial charge in [-0.25, -0.2) is 4.79 Å².